The summed E-state index contributed by atoms with van der Waals surface area (Å²) in [7, 11) is 0. The number of rotatable bonds is 0. The fourth-order valence-electron chi connectivity index (χ4n) is 2.00. The summed E-state index contributed by atoms with van der Waals surface area (Å²) in [6.45, 7) is 3.75. The Bertz CT molecular complexity index is 601. The van der Waals surface area contributed by atoms with E-state index in [1.807, 2.05) is 32.0 Å². The molecule has 1 amide bonds. The van der Waals surface area contributed by atoms with Gasteiger partial charge in [0, 0.05) is 0 Å². The highest BCUT2D eigenvalue weighted by molar-refractivity contribution is 5.98. The first-order valence-electron chi connectivity index (χ1n) is 5.30. The molecule has 0 unspecified atom stereocenters. The van der Waals surface area contributed by atoms with Gasteiger partial charge in [0.25, 0.3) is 5.91 Å². The minimum atomic E-state index is -0.598. The first-order valence-corrected chi connectivity index (χ1v) is 5.30. The van der Waals surface area contributed by atoms with Crippen molar-refractivity contribution in [2.45, 2.75) is 19.4 Å². The smallest absolute Gasteiger partial charge is 0.254 e. The molecule has 6 nitrogen and oxygen atoms in total. The van der Waals surface area contributed by atoms with E-state index >= 15 is 0 Å². The normalized spacial score (nSPS) is 16.7. The van der Waals surface area contributed by atoms with Gasteiger partial charge in [-0.25, -0.2) is 0 Å². The van der Waals surface area contributed by atoms with Crippen molar-refractivity contribution >= 4 is 5.91 Å². The molecule has 1 aromatic carbocycles. The fraction of sp³-hybridized carbons (Fsp3) is 0.273. The van der Waals surface area contributed by atoms with Crippen molar-refractivity contribution in [3.05, 3.63) is 35.7 Å². The Kier molecular flexibility index (Phi) is 1.83. The molecule has 1 aromatic heterocycles. The van der Waals surface area contributed by atoms with E-state index in [0.717, 1.165) is 0 Å². The average Bonchev–Trinajstić information content (AvgIpc) is 2.75. The summed E-state index contributed by atoms with van der Waals surface area (Å²) < 4.78 is 1.60. The van der Waals surface area contributed by atoms with Gasteiger partial charge < -0.3 is 5.32 Å². The summed E-state index contributed by atoms with van der Waals surface area (Å²) >= 11 is 0. The molecule has 1 aliphatic heterocycles. The van der Waals surface area contributed by atoms with Crippen LogP contribution in [0.5, 0.6) is 0 Å². The molecule has 2 heterocycles. The number of benzene rings is 1. The van der Waals surface area contributed by atoms with E-state index in [0.29, 0.717) is 17.1 Å². The van der Waals surface area contributed by atoms with Crippen LogP contribution in [0.15, 0.2) is 24.3 Å². The molecule has 0 aliphatic carbocycles. The van der Waals surface area contributed by atoms with Gasteiger partial charge in [-0.15, -0.1) is 5.10 Å². The number of hydrogen-bond donors (Lipinski definition) is 1. The molecular formula is C11H11N5O. The number of para-hydroxylation sites is 1. The van der Waals surface area contributed by atoms with Crippen molar-refractivity contribution in [3.8, 4) is 5.69 Å². The number of hydrogen-bond acceptors (Lipinski definition) is 4. The zero-order valence-corrected chi connectivity index (χ0v) is 9.51. The molecule has 0 bridgehead atoms. The minimum absolute atomic E-state index is 0.127. The first-order chi connectivity index (χ1) is 8.09. The summed E-state index contributed by atoms with van der Waals surface area (Å²) in [5.74, 6) is 0.494. The summed E-state index contributed by atoms with van der Waals surface area (Å²) in [5, 5.41) is 14.5. The van der Waals surface area contributed by atoms with Gasteiger partial charge in [0.15, 0.2) is 5.82 Å². The summed E-state index contributed by atoms with van der Waals surface area (Å²) in [6.07, 6.45) is 0. The number of carbonyl (C=O) groups excluding carboxylic acids is 1. The van der Waals surface area contributed by atoms with Gasteiger partial charge in [-0.05, 0) is 36.4 Å². The number of fused-ring (bicyclic) bond motifs is 3. The maximum absolute atomic E-state index is 12.1. The van der Waals surface area contributed by atoms with Crippen molar-refractivity contribution in [3.63, 3.8) is 0 Å². The summed E-state index contributed by atoms with van der Waals surface area (Å²) in [6, 6.07) is 7.27. The maximum Gasteiger partial charge on any atom is 0.254 e. The number of carbonyl (C=O) groups is 1. The zero-order chi connectivity index (χ0) is 12.0. The molecule has 6 heteroatoms. The second-order valence-corrected chi connectivity index (χ2v) is 4.51. The molecule has 0 atom stereocenters. The molecule has 2 aromatic rings. The monoisotopic (exact) mass is 229 g/mol. The zero-order valence-electron chi connectivity index (χ0n) is 9.51. The van der Waals surface area contributed by atoms with Crippen LogP contribution in [0.3, 0.4) is 0 Å². The van der Waals surface area contributed by atoms with Gasteiger partial charge in [0.1, 0.15) is 0 Å². The largest absolute Gasteiger partial charge is 0.340 e. The van der Waals surface area contributed by atoms with E-state index < -0.39 is 5.54 Å². The molecule has 0 saturated heterocycles. The van der Waals surface area contributed by atoms with E-state index in [4.69, 9.17) is 0 Å². The van der Waals surface area contributed by atoms with Crippen LogP contribution in [-0.4, -0.2) is 26.1 Å². The number of nitrogens with one attached hydrogen (secondary N) is 1. The van der Waals surface area contributed by atoms with E-state index in [-0.39, 0.29) is 5.91 Å². The molecule has 17 heavy (non-hydrogen) atoms. The average molecular weight is 229 g/mol. The van der Waals surface area contributed by atoms with Gasteiger partial charge in [0.05, 0.1) is 16.8 Å². The topological polar surface area (TPSA) is 72.7 Å². The molecule has 3 rings (SSSR count). The van der Waals surface area contributed by atoms with Gasteiger partial charge in [-0.2, -0.15) is 4.68 Å². The highest BCUT2D eigenvalue weighted by Gasteiger charge is 2.34. The van der Waals surface area contributed by atoms with Crippen LogP contribution in [0.1, 0.15) is 30.0 Å². The Morgan fingerprint density at radius 1 is 1.29 bits per heavy atom. The van der Waals surface area contributed by atoms with Crippen LogP contribution in [0, 0.1) is 0 Å². The Balaban J connectivity index is 2.35. The van der Waals surface area contributed by atoms with E-state index in [2.05, 4.69) is 20.8 Å². The van der Waals surface area contributed by atoms with E-state index in [1.54, 1.807) is 10.7 Å². The predicted molar refractivity (Wildman–Crippen MR) is 59.6 cm³/mol. The molecule has 86 valence electrons. The number of amides is 1. The Hall–Kier alpha value is -2.24. The molecule has 0 radical (unpaired) electrons. The van der Waals surface area contributed by atoms with Gasteiger partial charge >= 0.3 is 0 Å². The quantitative estimate of drug-likeness (QED) is 0.719. The van der Waals surface area contributed by atoms with Crippen molar-refractivity contribution in [2.24, 2.45) is 0 Å². The van der Waals surface area contributed by atoms with Crippen molar-refractivity contribution in [2.75, 3.05) is 0 Å². The van der Waals surface area contributed by atoms with Crippen molar-refractivity contribution < 1.29 is 4.79 Å². The lowest BCUT2D eigenvalue weighted by molar-refractivity contribution is 0.0913. The molecule has 0 saturated carbocycles. The fourth-order valence-corrected chi connectivity index (χ4v) is 2.00. The molecular weight excluding hydrogens is 218 g/mol. The summed E-state index contributed by atoms with van der Waals surface area (Å²) in [4.78, 5) is 12.1. The number of aromatic nitrogens is 4. The Morgan fingerprint density at radius 3 is 2.88 bits per heavy atom. The second-order valence-electron chi connectivity index (χ2n) is 4.51. The SMILES string of the molecule is CC1(C)NC(=O)c2ccccc2-n2nnnc21. The predicted octanol–water partition coefficient (Wildman–Crippen LogP) is 0.641. The first kappa shape index (κ1) is 9.95. The third kappa shape index (κ3) is 1.33. The Labute approximate surface area is 97.6 Å². The molecule has 0 fully saturated rings. The Morgan fingerprint density at radius 2 is 2.06 bits per heavy atom. The van der Waals surface area contributed by atoms with Crippen LogP contribution in [0.4, 0.5) is 0 Å². The summed E-state index contributed by atoms with van der Waals surface area (Å²) in [5.41, 5.74) is 0.682. The van der Waals surface area contributed by atoms with Gasteiger partial charge in [-0.1, -0.05) is 12.1 Å². The molecule has 1 aliphatic rings. The minimum Gasteiger partial charge on any atom is -0.340 e. The second kappa shape index (κ2) is 3.13. The number of tetrazole rings is 1. The van der Waals surface area contributed by atoms with Crippen LogP contribution in [0.2, 0.25) is 0 Å². The van der Waals surface area contributed by atoms with E-state index in [9.17, 15) is 4.79 Å². The van der Waals surface area contributed by atoms with Crippen LogP contribution in [0.25, 0.3) is 5.69 Å². The highest BCUT2D eigenvalue weighted by atomic mass is 16.1. The molecule has 1 N–H and O–H groups in total. The lowest BCUT2D eigenvalue weighted by Gasteiger charge is -2.21. The standard InChI is InChI=1S/C11H11N5O/c1-11(2)10-13-14-15-16(10)8-6-4-3-5-7(8)9(17)12-11/h3-6H,1-2H3,(H,12,17). The van der Waals surface area contributed by atoms with Gasteiger partial charge in [0.2, 0.25) is 0 Å². The molecule has 0 spiro atoms. The number of nitrogens with zero attached hydrogens (tertiary/aromatic N) is 4. The van der Waals surface area contributed by atoms with Crippen molar-refractivity contribution in [1.82, 2.24) is 25.5 Å². The van der Waals surface area contributed by atoms with E-state index in [1.165, 1.54) is 0 Å². The van der Waals surface area contributed by atoms with Crippen LogP contribution < -0.4 is 5.32 Å². The maximum atomic E-state index is 12.1. The van der Waals surface area contributed by atoms with Crippen molar-refractivity contribution in [1.29, 1.82) is 0 Å². The lowest BCUT2D eigenvalue weighted by atomic mass is 10.1. The van der Waals surface area contributed by atoms with Gasteiger partial charge in [-0.3, -0.25) is 4.79 Å². The lowest BCUT2D eigenvalue weighted by Crippen LogP contribution is -2.41. The third-order valence-corrected chi connectivity index (χ3v) is 2.83. The highest BCUT2D eigenvalue weighted by Crippen LogP contribution is 2.26. The third-order valence-electron chi connectivity index (χ3n) is 2.83. The van der Waals surface area contributed by atoms with Crippen LogP contribution >= 0.6 is 0 Å². The van der Waals surface area contributed by atoms with Crippen LogP contribution in [-0.2, 0) is 5.54 Å².